The maximum absolute atomic E-state index is 13.0. The van der Waals surface area contributed by atoms with Gasteiger partial charge in [-0.15, -0.1) is 10.2 Å². The van der Waals surface area contributed by atoms with Crippen molar-refractivity contribution in [3.8, 4) is 6.07 Å². The normalized spacial score (nSPS) is 37.8. The van der Waals surface area contributed by atoms with Gasteiger partial charge in [-0.2, -0.15) is 5.26 Å². The minimum absolute atomic E-state index is 0.0205. The molecule has 128 valence electrons. The quantitative estimate of drug-likeness (QED) is 0.851. The molecule has 2 saturated carbocycles. The van der Waals surface area contributed by atoms with Gasteiger partial charge in [0.05, 0.1) is 11.5 Å². The van der Waals surface area contributed by atoms with Gasteiger partial charge in [0.1, 0.15) is 5.41 Å². The van der Waals surface area contributed by atoms with Gasteiger partial charge in [0.15, 0.2) is 0 Å². The van der Waals surface area contributed by atoms with E-state index < -0.39 is 5.41 Å². The monoisotopic (exact) mass is 328 g/mol. The molecule has 0 N–H and O–H groups in total. The number of nitrogens with zero attached hydrogens (tertiary/aromatic N) is 4. The van der Waals surface area contributed by atoms with Crippen LogP contribution in [-0.4, -0.2) is 34.1 Å². The van der Waals surface area contributed by atoms with Gasteiger partial charge in [-0.25, -0.2) is 0 Å². The first kappa shape index (κ1) is 15.6. The summed E-state index contributed by atoms with van der Waals surface area (Å²) in [5.41, 5.74) is -0.981. The molecular weight excluding hydrogens is 304 g/mol. The maximum Gasteiger partial charge on any atom is 0.243 e. The van der Waals surface area contributed by atoms with Crippen molar-refractivity contribution in [3.05, 3.63) is 11.8 Å². The lowest BCUT2D eigenvalue weighted by Gasteiger charge is -2.41. The van der Waals surface area contributed by atoms with Crippen molar-refractivity contribution in [3.63, 3.8) is 0 Å². The van der Waals surface area contributed by atoms with Crippen molar-refractivity contribution >= 4 is 5.91 Å². The van der Waals surface area contributed by atoms with Crippen LogP contribution in [0.15, 0.2) is 4.42 Å². The lowest BCUT2D eigenvalue weighted by atomic mass is 9.63. The summed E-state index contributed by atoms with van der Waals surface area (Å²) in [7, 11) is 0. The molecule has 0 aromatic carbocycles. The number of nitriles is 1. The molecule has 1 aromatic rings. The summed E-state index contributed by atoms with van der Waals surface area (Å²) in [5.74, 6) is 2.22. The van der Waals surface area contributed by atoms with E-state index in [-0.39, 0.29) is 11.3 Å². The Morgan fingerprint density at radius 2 is 2.25 bits per heavy atom. The second-order valence-electron chi connectivity index (χ2n) is 7.99. The van der Waals surface area contributed by atoms with Crippen LogP contribution < -0.4 is 0 Å². The summed E-state index contributed by atoms with van der Waals surface area (Å²) in [4.78, 5) is 14.9. The van der Waals surface area contributed by atoms with Crippen molar-refractivity contribution < 1.29 is 9.21 Å². The summed E-state index contributed by atoms with van der Waals surface area (Å²) in [5, 5.41) is 18.0. The van der Waals surface area contributed by atoms with E-state index in [2.05, 4.69) is 23.2 Å². The fraction of sp³-hybridized carbons (Fsp3) is 0.778. The van der Waals surface area contributed by atoms with Crippen molar-refractivity contribution in [1.29, 1.82) is 5.26 Å². The van der Waals surface area contributed by atoms with Crippen LogP contribution in [0.2, 0.25) is 0 Å². The van der Waals surface area contributed by atoms with E-state index in [0.717, 1.165) is 32.2 Å². The predicted molar refractivity (Wildman–Crippen MR) is 85.7 cm³/mol. The zero-order valence-electron chi connectivity index (χ0n) is 14.4. The van der Waals surface area contributed by atoms with E-state index in [1.165, 1.54) is 0 Å². The summed E-state index contributed by atoms with van der Waals surface area (Å²) < 4.78 is 5.89. The van der Waals surface area contributed by atoms with Gasteiger partial charge in [-0.1, -0.05) is 20.3 Å². The Kier molecular flexibility index (Phi) is 3.45. The highest BCUT2D eigenvalue weighted by atomic mass is 16.4. The first-order chi connectivity index (χ1) is 11.5. The number of carbonyl (C=O) groups excluding carboxylic acids is 1. The van der Waals surface area contributed by atoms with E-state index >= 15 is 0 Å². The molecule has 0 bridgehead atoms. The lowest BCUT2D eigenvalue weighted by Crippen LogP contribution is -2.50. The van der Waals surface area contributed by atoms with Crippen molar-refractivity contribution in [2.24, 2.45) is 17.3 Å². The number of amides is 1. The lowest BCUT2D eigenvalue weighted by molar-refractivity contribution is -0.144. The molecule has 6 nitrogen and oxygen atoms in total. The van der Waals surface area contributed by atoms with E-state index in [4.69, 9.17) is 4.42 Å². The zero-order valence-corrected chi connectivity index (χ0v) is 14.4. The first-order valence-electron chi connectivity index (χ1n) is 9.06. The van der Waals surface area contributed by atoms with Crippen molar-refractivity contribution in [1.82, 2.24) is 15.1 Å². The van der Waals surface area contributed by atoms with Crippen LogP contribution in [0.5, 0.6) is 0 Å². The predicted octanol–water partition coefficient (Wildman–Crippen LogP) is 2.45. The topological polar surface area (TPSA) is 83.0 Å². The van der Waals surface area contributed by atoms with E-state index in [1.807, 2.05) is 11.8 Å². The average molecular weight is 328 g/mol. The Morgan fingerprint density at radius 3 is 2.88 bits per heavy atom. The van der Waals surface area contributed by atoms with Crippen LogP contribution in [0.25, 0.3) is 0 Å². The number of rotatable bonds is 3. The molecule has 1 aliphatic heterocycles. The second kappa shape index (κ2) is 5.30. The van der Waals surface area contributed by atoms with Gasteiger partial charge in [0.25, 0.3) is 0 Å². The maximum atomic E-state index is 13.0. The molecule has 0 spiro atoms. The Balaban J connectivity index is 1.60. The van der Waals surface area contributed by atoms with Crippen LogP contribution in [0.1, 0.15) is 57.7 Å². The van der Waals surface area contributed by atoms with E-state index in [9.17, 15) is 10.1 Å². The molecule has 1 amide bonds. The van der Waals surface area contributed by atoms with E-state index in [0.29, 0.717) is 43.0 Å². The molecule has 2 atom stereocenters. The standard InChI is InChI=1S/C18H24N4O2/c1-3-14-20-21-15(24-14)18-6-4-5-13(18)9-22(11-18)16(23)17(10-19)7-12(2)8-17/h12-13H,3-9,11H2,1-2H3/t12?,13-,17?,18-/m0/s1. The molecule has 0 unspecified atom stereocenters. The Bertz CT molecular complexity index is 700. The minimum atomic E-state index is -0.789. The molecule has 3 fully saturated rings. The van der Waals surface area contributed by atoms with Crippen LogP contribution in [0, 0.1) is 28.6 Å². The number of carbonyl (C=O) groups is 1. The summed E-state index contributed by atoms with van der Waals surface area (Å²) >= 11 is 0. The van der Waals surface area contributed by atoms with Crippen molar-refractivity contribution in [2.75, 3.05) is 13.1 Å². The minimum Gasteiger partial charge on any atom is -0.425 e. The van der Waals surface area contributed by atoms with Crippen LogP contribution >= 0.6 is 0 Å². The highest BCUT2D eigenvalue weighted by Crippen LogP contribution is 2.53. The van der Waals surface area contributed by atoms with Crippen molar-refractivity contribution in [2.45, 2.75) is 57.8 Å². The smallest absolute Gasteiger partial charge is 0.243 e. The van der Waals surface area contributed by atoms with Crippen LogP contribution in [-0.2, 0) is 16.6 Å². The highest BCUT2D eigenvalue weighted by Gasteiger charge is 2.59. The number of likely N-dealkylation sites (tertiary alicyclic amines) is 1. The largest absolute Gasteiger partial charge is 0.425 e. The fourth-order valence-electron chi connectivity index (χ4n) is 5.14. The SMILES string of the molecule is CCc1nnc([C@]23CCC[C@H]2CN(C(=O)C2(C#N)CC(C)C2)C3)o1. The van der Waals surface area contributed by atoms with Crippen LogP contribution in [0.3, 0.4) is 0 Å². The third-order valence-electron chi connectivity index (χ3n) is 6.37. The number of fused-ring (bicyclic) bond motifs is 1. The molecule has 3 aliphatic rings. The first-order valence-corrected chi connectivity index (χ1v) is 9.06. The molecule has 1 aromatic heterocycles. The van der Waals surface area contributed by atoms with Crippen LogP contribution in [0.4, 0.5) is 0 Å². The molecule has 0 radical (unpaired) electrons. The number of aryl methyl sites for hydroxylation is 1. The molecule has 2 heterocycles. The van der Waals surface area contributed by atoms with Gasteiger partial charge in [0, 0.05) is 19.5 Å². The molecule has 2 aliphatic carbocycles. The number of aromatic nitrogens is 2. The Hall–Kier alpha value is -1.90. The summed E-state index contributed by atoms with van der Waals surface area (Å²) in [6, 6.07) is 2.31. The second-order valence-corrected chi connectivity index (χ2v) is 7.99. The summed E-state index contributed by atoms with van der Waals surface area (Å²) in [6.45, 7) is 5.45. The number of hydrogen-bond donors (Lipinski definition) is 0. The van der Waals surface area contributed by atoms with Gasteiger partial charge >= 0.3 is 0 Å². The van der Waals surface area contributed by atoms with Gasteiger partial charge in [-0.05, 0) is 37.5 Å². The molecular formula is C18H24N4O2. The molecule has 1 saturated heterocycles. The Labute approximate surface area is 142 Å². The third kappa shape index (κ3) is 2.03. The fourth-order valence-corrected chi connectivity index (χ4v) is 5.14. The Morgan fingerprint density at radius 1 is 1.46 bits per heavy atom. The van der Waals surface area contributed by atoms with Gasteiger partial charge < -0.3 is 9.32 Å². The molecule has 24 heavy (non-hydrogen) atoms. The third-order valence-corrected chi connectivity index (χ3v) is 6.37. The molecule has 6 heteroatoms. The van der Waals surface area contributed by atoms with E-state index in [1.54, 1.807) is 0 Å². The average Bonchev–Trinajstić information content (AvgIpc) is 3.23. The zero-order chi connectivity index (χ0) is 16.9. The highest BCUT2D eigenvalue weighted by molar-refractivity contribution is 5.87. The summed E-state index contributed by atoms with van der Waals surface area (Å²) in [6.07, 6.45) is 5.32. The van der Waals surface area contributed by atoms with Gasteiger partial charge in [0.2, 0.25) is 17.7 Å². The van der Waals surface area contributed by atoms with Gasteiger partial charge in [-0.3, -0.25) is 4.79 Å². The number of hydrogen-bond acceptors (Lipinski definition) is 5. The molecule has 4 rings (SSSR count).